The number of hydrogen-bond acceptors (Lipinski definition) is 1. The van der Waals surface area contributed by atoms with Crippen molar-refractivity contribution >= 4 is 57.2 Å². The predicted octanol–water partition coefficient (Wildman–Crippen LogP) is 9.18. The van der Waals surface area contributed by atoms with Gasteiger partial charge in [0.2, 0.25) is 0 Å². The molecule has 0 saturated carbocycles. The van der Waals surface area contributed by atoms with Gasteiger partial charge in [0.1, 0.15) is 11.5 Å². The van der Waals surface area contributed by atoms with Crippen molar-refractivity contribution in [3.05, 3.63) is 189 Å². The van der Waals surface area contributed by atoms with Gasteiger partial charge in [-0.15, -0.1) is 0 Å². The summed E-state index contributed by atoms with van der Waals surface area (Å²) in [6, 6.07) is 57.2. The van der Waals surface area contributed by atoms with Crippen molar-refractivity contribution in [3.63, 3.8) is 0 Å². The molecule has 47 heavy (non-hydrogen) atoms. The molecule has 6 aromatic rings. The van der Waals surface area contributed by atoms with Crippen molar-refractivity contribution < 1.29 is 22.9 Å². The fraction of sp³-hybridized carbons (Fsp3) is 0.0714. The maximum absolute atomic E-state index is 7.26. The topological polar surface area (TPSA) is 9.23 Å². The first-order chi connectivity index (χ1) is 23.0. The molecule has 0 fully saturated rings. The normalized spacial score (nSPS) is 12.4. The van der Waals surface area contributed by atoms with E-state index in [1.807, 2.05) is 0 Å². The zero-order valence-electron chi connectivity index (χ0n) is 26.5. The van der Waals surface area contributed by atoms with E-state index in [1.165, 1.54) is 49.4 Å². The van der Waals surface area contributed by atoms with E-state index < -0.39 is 15.8 Å². The number of ether oxygens (including phenoxy) is 1. The van der Waals surface area contributed by atoms with Crippen molar-refractivity contribution in [2.75, 3.05) is 0 Å². The van der Waals surface area contributed by atoms with Gasteiger partial charge in [-0.05, 0) is 57.3 Å². The number of benzene rings is 6. The van der Waals surface area contributed by atoms with E-state index >= 15 is 0 Å². The summed E-state index contributed by atoms with van der Waals surface area (Å²) in [6.07, 6.45) is 1.50. The third-order valence-corrected chi connectivity index (χ3v) is 13.0. The molecule has 7 rings (SSSR count). The van der Waals surface area contributed by atoms with Crippen LogP contribution in [-0.2, 0) is 23.6 Å². The molecule has 0 aliphatic carbocycles. The number of para-hydroxylation sites is 2. The molecule has 0 N–H and O–H groups in total. The van der Waals surface area contributed by atoms with Crippen LogP contribution in [0.1, 0.15) is 25.0 Å². The van der Waals surface area contributed by atoms with E-state index in [2.05, 4.69) is 213 Å². The molecular formula is C42H37ClOP2Pd+. The van der Waals surface area contributed by atoms with Gasteiger partial charge in [0.15, 0.2) is 0 Å². The van der Waals surface area contributed by atoms with E-state index in [1.54, 1.807) is 0 Å². The van der Waals surface area contributed by atoms with Crippen LogP contribution in [0.25, 0.3) is 0 Å². The molecule has 0 atom stereocenters. The summed E-state index contributed by atoms with van der Waals surface area (Å²) in [5.41, 5.74) is 2.26. The minimum atomic E-state index is -0.824. The minimum absolute atomic E-state index is 0.225. The Hall–Kier alpha value is -3.07. The molecule has 1 aliphatic heterocycles. The third-order valence-electron chi connectivity index (χ3n) is 8.08. The van der Waals surface area contributed by atoms with Crippen LogP contribution in [0.15, 0.2) is 158 Å². The molecule has 1 aliphatic rings. The second-order valence-electron chi connectivity index (χ2n) is 11.3. The predicted molar refractivity (Wildman–Crippen MR) is 203 cm³/mol. The summed E-state index contributed by atoms with van der Waals surface area (Å²) in [4.78, 5) is 0. The summed E-state index contributed by atoms with van der Waals surface area (Å²) in [7, 11) is 2.84. The van der Waals surface area contributed by atoms with Crippen LogP contribution in [-0.4, -0.2) is 0 Å². The van der Waals surface area contributed by atoms with Gasteiger partial charge in [-0.2, -0.15) is 0 Å². The fourth-order valence-electron chi connectivity index (χ4n) is 6.01. The van der Waals surface area contributed by atoms with Gasteiger partial charge < -0.3 is 4.74 Å². The van der Waals surface area contributed by atoms with Crippen LogP contribution in [0.4, 0.5) is 0 Å². The SMILES string of the molecule is CC1(C)c2cccc(P(c3ccccc3)c3ccccc3)c2Oc2c(P(c3ccccc3)c3ccccc3)cccc21.[CH2][CH][CH2].[Cl][Pd+]. The van der Waals surface area contributed by atoms with Crippen LogP contribution in [0.2, 0.25) is 0 Å². The van der Waals surface area contributed by atoms with E-state index in [9.17, 15) is 0 Å². The second-order valence-corrected chi connectivity index (χ2v) is 15.7. The molecule has 0 unspecified atom stereocenters. The quantitative estimate of drug-likeness (QED) is 0.122. The number of hydrogen-bond donors (Lipinski definition) is 0. The van der Waals surface area contributed by atoms with E-state index in [-0.39, 0.29) is 5.41 Å². The number of halogens is 1. The first kappa shape index (κ1) is 35.2. The van der Waals surface area contributed by atoms with Crippen LogP contribution >= 0.6 is 25.4 Å². The molecular weight excluding hydrogens is 724 g/mol. The van der Waals surface area contributed by atoms with Crippen LogP contribution in [0.5, 0.6) is 11.5 Å². The first-order valence-electron chi connectivity index (χ1n) is 15.3. The summed E-state index contributed by atoms with van der Waals surface area (Å²) < 4.78 is 7.26. The molecule has 237 valence electrons. The average Bonchev–Trinajstić information content (AvgIpc) is 3.12. The molecule has 0 spiro atoms. The Morgan fingerprint density at radius 2 is 0.766 bits per heavy atom. The second kappa shape index (κ2) is 16.9. The zero-order chi connectivity index (χ0) is 33.2. The molecule has 0 saturated heterocycles. The van der Waals surface area contributed by atoms with Crippen molar-refractivity contribution in [3.8, 4) is 11.5 Å². The Balaban J connectivity index is 0.000000822. The van der Waals surface area contributed by atoms with Crippen LogP contribution < -0.4 is 36.6 Å². The van der Waals surface area contributed by atoms with Gasteiger partial charge in [-0.1, -0.05) is 172 Å². The molecule has 0 aromatic heterocycles. The molecule has 1 nitrogen and oxygen atoms in total. The van der Waals surface area contributed by atoms with E-state index in [0.29, 0.717) is 0 Å². The van der Waals surface area contributed by atoms with E-state index in [4.69, 9.17) is 4.74 Å². The average molecular weight is 762 g/mol. The Kier molecular flexibility index (Phi) is 12.6. The molecule has 1 heterocycles. The zero-order valence-corrected chi connectivity index (χ0v) is 30.6. The summed E-state index contributed by atoms with van der Waals surface area (Å²) in [6.45, 7) is 11.2. The van der Waals surface area contributed by atoms with Crippen LogP contribution in [0.3, 0.4) is 0 Å². The van der Waals surface area contributed by atoms with Crippen molar-refractivity contribution in [1.82, 2.24) is 0 Å². The van der Waals surface area contributed by atoms with Gasteiger partial charge in [0.05, 0.1) is 0 Å². The molecule has 5 heteroatoms. The monoisotopic (exact) mass is 760 g/mol. The van der Waals surface area contributed by atoms with Crippen molar-refractivity contribution in [1.29, 1.82) is 0 Å². The third kappa shape index (κ3) is 7.66. The number of fused-ring (bicyclic) bond motifs is 2. The summed E-state index contributed by atoms with van der Waals surface area (Å²) in [5, 5.41) is 7.81. The Morgan fingerprint density at radius 3 is 1.04 bits per heavy atom. The van der Waals surface area contributed by atoms with Gasteiger partial charge >= 0.3 is 27.7 Å². The van der Waals surface area contributed by atoms with Crippen molar-refractivity contribution in [2.45, 2.75) is 19.3 Å². The van der Waals surface area contributed by atoms with Gasteiger partial charge in [-0.25, -0.2) is 0 Å². The standard InChI is InChI=1S/C39H32OP2.C3H5.ClH.Pd/c1-39(2)33-25-15-27-35(41(29-17-7-3-8-18-29)30-19-9-4-10-20-30)37(33)40-38-34(39)26-16-28-36(38)42(31-21-11-5-12-22-31)32-23-13-6-14-24-32;1-3-2;;/h3-28H,1-2H3;3H,1-2H2;1H;/q;;;+2/p-1. The van der Waals surface area contributed by atoms with Crippen molar-refractivity contribution in [2.24, 2.45) is 0 Å². The summed E-state index contributed by atoms with van der Waals surface area (Å²) >= 11 is 2.22. The van der Waals surface area contributed by atoms with Crippen LogP contribution in [0, 0.1) is 20.3 Å². The van der Waals surface area contributed by atoms with E-state index in [0.717, 1.165) is 11.5 Å². The van der Waals surface area contributed by atoms with Gasteiger partial charge in [0, 0.05) is 27.2 Å². The van der Waals surface area contributed by atoms with Gasteiger partial charge in [-0.3, -0.25) is 0 Å². The Bertz CT molecular complexity index is 1640. The summed E-state index contributed by atoms with van der Waals surface area (Å²) in [5.74, 6) is 2.02. The molecule has 0 amide bonds. The Morgan fingerprint density at radius 1 is 0.489 bits per heavy atom. The molecule has 6 aromatic carbocycles. The van der Waals surface area contributed by atoms with Gasteiger partial charge in [0.25, 0.3) is 0 Å². The molecule has 0 bridgehead atoms. The fourth-order valence-corrected chi connectivity index (χ4v) is 10.8. The molecule has 3 radical (unpaired) electrons. The first-order valence-corrected chi connectivity index (χ1v) is 20.0. The maximum atomic E-state index is 7.26. The number of rotatable bonds is 6. The Labute approximate surface area is 298 Å².